The predicted molar refractivity (Wildman–Crippen MR) is 68.1 cm³/mol. The van der Waals surface area contributed by atoms with Crippen LogP contribution < -0.4 is 9.64 Å². The molecule has 0 fully saturated rings. The Kier molecular flexibility index (Phi) is 5.35. The maximum absolute atomic E-state index is 10.6. The van der Waals surface area contributed by atoms with Crippen molar-refractivity contribution in [1.29, 1.82) is 0 Å². The molecule has 0 saturated carbocycles. The van der Waals surface area contributed by atoms with Crippen molar-refractivity contribution in [3.05, 3.63) is 11.9 Å². The fraction of sp³-hybridized carbons (Fsp3) is 0.583. The molecule has 0 amide bonds. The number of aromatic nitrogens is 2. The molecule has 0 radical (unpaired) electrons. The number of hydrogen-bond acceptors (Lipinski definition) is 5. The summed E-state index contributed by atoms with van der Waals surface area (Å²) in [6, 6.07) is 1.74. The summed E-state index contributed by atoms with van der Waals surface area (Å²) in [4.78, 5) is 21.0. The molecule has 6 nitrogen and oxygen atoms in total. The van der Waals surface area contributed by atoms with Gasteiger partial charge in [0.05, 0.1) is 13.0 Å². The number of ether oxygens (including phenoxy) is 1. The molecule has 1 aromatic rings. The van der Waals surface area contributed by atoms with E-state index in [-0.39, 0.29) is 6.42 Å². The second-order valence-electron chi connectivity index (χ2n) is 3.77. The van der Waals surface area contributed by atoms with Gasteiger partial charge in [-0.15, -0.1) is 0 Å². The molecule has 18 heavy (non-hydrogen) atoms. The zero-order valence-corrected chi connectivity index (χ0v) is 11.0. The third-order valence-electron chi connectivity index (χ3n) is 2.39. The largest absolute Gasteiger partial charge is 0.481 e. The van der Waals surface area contributed by atoms with Gasteiger partial charge < -0.3 is 14.7 Å². The third kappa shape index (κ3) is 4.20. The Morgan fingerprint density at radius 3 is 2.72 bits per heavy atom. The van der Waals surface area contributed by atoms with Gasteiger partial charge in [0.25, 0.3) is 0 Å². The van der Waals surface area contributed by atoms with Crippen molar-refractivity contribution < 1.29 is 14.6 Å². The molecule has 0 aromatic carbocycles. The Bertz CT molecular complexity index is 410. The molecule has 100 valence electrons. The van der Waals surface area contributed by atoms with Gasteiger partial charge >= 0.3 is 5.97 Å². The van der Waals surface area contributed by atoms with Gasteiger partial charge in [0.15, 0.2) is 0 Å². The van der Waals surface area contributed by atoms with Gasteiger partial charge in [-0.25, -0.2) is 4.98 Å². The number of carboxylic acid groups (broad SMARTS) is 1. The molecule has 0 aliphatic carbocycles. The number of nitrogens with zero attached hydrogens (tertiary/aromatic N) is 3. The summed E-state index contributed by atoms with van der Waals surface area (Å²) < 4.78 is 5.35. The van der Waals surface area contributed by atoms with Crippen LogP contribution >= 0.6 is 0 Å². The monoisotopic (exact) mass is 253 g/mol. The van der Waals surface area contributed by atoms with Gasteiger partial charge in [0.1, 0.15) is 11.6 Å². The standard InChI is InChI=1S/C12H19N3O3/c1-4-15(7-6-12(16)17)10-8-11(18-5-2)14-9(3)13-10/h8H,4-7H2,1-3H3,(H,16,17). The highest BCUT2D eigenvalue weighted by Gasteiger charge is 2.11. The molecule has 1 aromatic heterocycles. The highest BCUT2D eigenvalue weighted by Crippen LogP contribution is 2.17. The minimum absolute atomic E-state index is 0.0842. The minimum atomic E-state index is -0.816. The maximum atomic E-state index is 10.6. The molecule has 0 bridgehead atoms. The van der Waals surface area contributed by atoms with Gasteiger partial charge in [0, 0.05) is 19.2 Å². The molecule has 1 heterocycles. The van der Waals surface area contributed by atoms with Crippen molar-refractivity contribution >= 4 is 11.8 Å². The second-order valence-corrected chi connectivity index (χ2v) is 3.77. The van der Waals surface area contributed by atoms with E-state index in [4.69, 9.17) is 9.84 Å². The van der Waals surface area contributed by atoms with Crippen LogP contribution in [0, 0.1) is 6.92 Å². The Labute approximate surface area is 107 Å². The van der Waals surface area contributed by atoms with Crippen LogP contribution in [0.3, 0.4) is 0 Å². The highest BCUT2D eigenvalue weighted by molar-refractivity contribution is 5.67. The van der Waals surface area contributed by atoms with E-state index in [1.807, 2.05) is 18.7 Å². The summed E-state index contributed by atoms with van der Waals surface area (Å²) in [5.41, 5.74) is 0. The average molecular weight is 253 g/mol. The van der Waals surface area contributed by atoms with Gasteiger partial charge in [-0.2, -0.15) is 4.98 Å². The van der Waals surface area contributed by atoms with Crippen LogP contribution in [0.5, 0.6) is 5.88 Å². The Hall–Kier alpha value is -1.85. The first-order chi connectivity index (χ1) is 8.56. The van der Waals surface area contributed by atoms with E-state index in [0.29, 0.717) is 37.2 Å². The van der Waals surface area contributed by atoms with Crippen LogP contribution in [0.4, 0.5) is 5.82 Å². The van der Waals surface area contributed by atoms with Gasteiger partial charge in [-0.3, -0.25) is 4.79 Å². The topological polar surface area (TPSA) is 75.5 Å². The molecule has 6 heteroatoms. The Balaban J connectivity index is 2.86. The summed E-state index contributed by atoms with van der Waals surface area (Å²) in [6.07, 6.45) is 0.0842. The van der Waals surface area contributed by atoms with Crippen molar-refractivity contribution in [2.75, 3.05) is 24.6 Å². The van der Waals surface area contributed by atoms with E-state index in [1.165, 1.54) is 0 Å². The SMILES string of the molecule is CCOc1cc(N(CC)CCC(=O)O)nc(C)n1. The molecule has 0 aliphatic rings. The number of aryl methyl sites for hydroxylation is 1. The van der Waals surface area contributed by atoms with Crippen molar-refractivity contribution in [2.24, 2.45) is 0 Å². The van der Waals surface area contributed by atoms with Crippen LogP contribution in [0.25, 0.3) is 0 Å². The quantitative estimate of drug-likeness (QED) is 0.793. The first-order valence-electron chi connectivity index (χ1n) is 6.02. The van der Waals surface area contributed by atoms with Crippen molar-refractivity contribution in [2.45, 2.75) is 27.2 Å². The number of carboxylic acids is 1. The van der Waals surface area contributed by atoms with Crippen molar-refractivity contribution in [1.82, 2.24) is 9.97 Å². The van der Waals surface area contributed by atoms with E-state index in [9.17, 15) is 4.79 Å². The molecule has 1 N–H and O–H groups in total. The third-order valence-corrected chi connectivity index (χ3v) is 2.39. The number of hydrogen-bond donors (Lipinski definition) is 1. The van der Waals surface area contributed by atoms with E-state index in [1.54, 1.807) is 13.0 Å². The number of aliphatic carboxylic acids is 1. The van der Waals surface area contributed by atoms with Crippen molar-refractivity contribution in [3.8, 4) is 5.88 Å². The van der Waals surface area contributed by atoms with Gasteiger partial charge in [0.2, 0.25) is 5.88 Å². The molecule has 0 spiro atoms. The van der Waals surface area contributed by atoms with Crippen LogP contribution in [0.15, 0.2) is 6.07 Å². The molecule has 0 unspecified atom stereocenters. The Morgan fingerprint density at radius 1 is 1.44 bits per heavy atom. The van der Waals surface area contributed by atoms with E-state index >= 15 is 0 Å². The van der Waals surface area contributed by atoms with Crippen molar-refractivity contribution in [3.63, 3.8) is 0 Å². The van der Waals surface area contributed by atoms with E-state index < -0.39 is 5.97 Å². The van der Waals surface area contributed by atoms with Gasteiger partial charge in [-0.05, 0) is 20.8 Å². The van der Waals surface area contributed by atoms with E-state index in [0.717, 1.165) is 0 Å². The van der Waals surface area contributed by atoms with Crippen LogP contribution in [0.2, 0.25) is 0 Å². The van der Waals surface area contributed by atoms with Crippen LogP contribution in [-0.4, -0.2) is 40.7 Å². The molecule has 0 aliphatic heterocycles. The molecular formula is C12H19N3O3. The summed E-state index contributed by atoms with van der Waals surface area (Å²) >= 11 is 0. The molecular weight excluding hydrogens is 234 g/mol. The summed E-state index contributed by atoms with van der Waals surface area (Å²) in [5, 5.41) is 8.71. The fourth-order valence-corrected chi connectivity index (χ4v) is 1.57. The highest BCUT2D eigenvalue weighted by atomic mass is 16.5. The molecule has 0 saturated heterocycles. The number of anilines is 1. The smallest absolute Gasteiger partial charge is 0.305 e. The second kappa shape index (κ2) is 6.78. The lowest BCUT2D eigenvalue weighted by Crippen LogP contribution is -2.27. The number of rotatable bonds is 7. The summed E-state index contributed by atoms with van der Waals surface area (Å²) in [7, 11) is 0. The lowest BCUT2D eigenvalue weighted by molar-refractivity contribution is -0.136. The lowest BCUT2D eigenvalue weighted by Gasteiger charge is -2.21. The maximum Gasteiger partial charge on any atom is 0.305 e. The average Bonchev–Trinajstić information content (AvgIpc) is 2.29. The fourth-order valence-electron chi connectivity index (χ4n) is 1.57. The normalized spacial score (nSPS) is 10.2. The molecule has 1 rings (SSSR count). The zero-order valence-electron chi connectivity index (χ0n) is 11.0. The predicted octanol–water partition coefficient (Wildman–Crippen LogP) is 1.48. The first-order valence-corrected chi connectivity index (χ1v) is 6.02. The number of carbonyl (C=O) groups is 1. The summed E-state index contributed by atoms with van der Waals surface area (Å²) in [6.45, 7) is 7.29. The molecule has 0 atom stereocenters. The first kappa shape index (κ1) is 14.2. The van der Waals surface area contributed by atoms with E-state index in [2.05, 4.69) is 9.97 Å². The lowest BCUT2D eigenvalue weighted by atomic mass is 10.3. The minimum Gasteiger partial charge on any atom is -0.481 e. The summed E-state index contributed by atoms with van der Waals surface area (Å²) in [5.74, 6) is 1.03. The van der Waals surface area contributed by atoms with Crippen LogP contribution in [0.1, 0.15) is 26.1 Å². The van der Waals surface area contributed by atoms with Gasteiger partial charge in [-0.1, -0.05) is 0 Å². The Morgan fingerprint density at radius 2 is 2.17 bits per heavy atom. The van der Waals surface area contributed by atoms with Crippen LogP contribution in [-0.2, 0) is 4.79 Å². The zero-order chi connectivity index (χ0) is 13.5.